The lowest BCUT2D eigenvalue weighted by atomic mass is 10.1. The predicted molar refractivity (Wildman–Crippen MR) is 77.9 cm³/mol. The maximum atomic E-state index is 9.25. The molecule has 0 bridgehead atoms. The van der Waals surface area contributed by atoms with Crippen molar-refractivity contribution in [1.82, 2.24) is 14.5 Å². The first-order valence-electron chi connectivity index (χ1n) is 6.83. The van der Waals surface area contributed by atoms with E-state index in [-0.39, 0.29) is 6.61 Å². The molecule has 0 saturated heterocycles. The Labute approximate surface area is 114 Å². The smallest absolute Gasteiger partial charge is 0.0955 e. The van der Waals surface area contributed by atoms with Crippen LogP contribution in [0.25, 0.3) is 11.0 Å². The molecule has 0 spiro atoms. The van der Waals surface area contributed by atoms with Gasteiger partial charge in [0.15, 0.2) is 0 Å². The molecule has 1 atom stereocenters. The largest absolute Gasteiger partial charge is 0.396 e. The second-order valence-corrected chi connectivity index (χ2v) is 5.33. The van der Waals surface area contributed by atoms with Gasteiger partial charge in [0.05, 0.1) is 17.4 Å². The molecule has 0 amide bonds. The lowest BCUT2D eigenvalue weighted by Crippen LogP contribution is -2.26. The molecule has 1 aromatic heterocycles. The molecule has 0 fully saturated rings. The minimum atomic E-state index is 0.264. The van der Waals surface area contributed by atoms with Crippen LogP contribution in [-0.4, -0.2) is 39.8 Å². The first-order chi connectivity index (χ1) is 9.13. The number of imidazole rings is 1. The highest BCUT2D eigenvalue weighted by Crippen LogP contribution is 2.15. The van der Waals surface area contributed by atoms with E-state index in [2.05, 4.69) is 42.1 Å². The third-order valence-electron chi connectivity index (χ3n) is 3.65. The van der Waals surface area contributed by atoms with E-state index in [0.717, 1.165) is 30.5 Å². The van der Waals surface area contributed by atoms with Crippen LogP contribution in [0.3, 0.4) is 0 Å². The number of hydrogen-bond donors (Lipinski definition) is 1. The number of aliphatic hydroxyl groups is 1. The number of aliphatic hydroxyl groups excluding tert-OH is 1. The molecule has 0 radical (unpaired) electrons. The molecule has 0 aliphatic rings. The molecule has 1 unspecified atom stereocenters. The molecule has 1 N–H and O–H groups in total. The molecule has 0 aliphatic carbocycles. The summed E-state index contributed by atoms with van der Waals surface area (Å²) >= 11 is 0. The Kier molecular flexibility index (Phi) is 4.56. The SMILES string of the molecule is CCC(CO)CN(C)Cc1ccc2c(c1)ncn2C. The quantitative estimate of drug-likeness (QED) is 0.865. The summed E-state index contributed by atoms with van der Waals surface area (Å²) in [5.41, 5.74) is 3.47. The van der Waals surface area contributed by atoms with Gasteiger partial charge in [-0.15, -0.1) is 0 Å². The molecule has 2 aromatic rings. The van der Waals surface area contributed by atoms with Crippen molar-refractivity contribution >= 4 is 11.0 Å². The molecule has 0 aliphatic heterocycles. The summed E-state index contributed by atoms with van der Waals surface area (Å²) < 4.78 is 2.03. The number of nitrogens with zero attached hydrogens (tertiary/aromatic N) is 3. The molecule has 4 nitrogen and oxygen atoms in total. The van der Waals surface area contributed by atoms with Crippen LogP contribution in [0.2, 0.25) is 0 Å². The summed E-state index contributed by atoms with van der Waals surface area (Å²) in [4.78, 5) is 6.64. The van der Waals surface area contributed by atoms with Crippen LogP contribution in [0.1, 0.15) is 18.9 Å². The normalized spacial score (nSPS) is 13.3. The van der Waals surface area contributed by atoms with E-state index in [1.54, 1.807) is 0 Å². The second-order valence-electron chi connectivity index (χ2n) is 5.33. The summed E-state index contributed by atoms with van der Waals surface area (Å²) in [5.74, 6) is 0.364. The molecule has 1 aromatic carbocycles. The number of rotatable bonds is 6. The Balaban J connectivity index is 2.04. The van der Waals surface area contributed by atoms with Crippen LogP contribution >= 0.6 is 0 Å². The van der Waals surface area contributed by atoms with Crippen molar-refractivity contribution in [2.24, 2.45) is 13.0 Å². The van der Waals surface area contributed by atoms with Crippen LogP contribution in [-0.2, 0) is 13.6 Å². The summed E-state index contributed by atoms with van der Waals surface area (Å²) in [7, 11) is 4.11. The summed E-state index contributed by atoms with van der Waals surface area (Å²) in [6.45, 7) is 4.20. The van der Waals surface area contributed by atoms with Gasteiger partial charge in [-0.05, 0) is 37.1 Å². The fourth-order valence-corrected chi connectivity index (χ4v) is 2.41. The number of hydrogen-bond acceptors (Lipinski definition) is 3. The van der Waals surface area contributed by atoms with Crippen molar-refractivity contribution < 1.29 is 5.11 Å². The number of fused-ring (bicyclic) bond motifs is 1. The standard InChI is InChI=1S/C15H23N3O/c1-4-12(10-19)8-17(2)9-13-5-6-15-14(7-13)16-11-18(15)3/h5-7,11-12,19H,4,8-10H2,1-3H3. The van der Waals surface area contributed by atoms with Crippen LogP contribution < -0.4 is 0 Å². The number of aromatic nitrogens is 2. The van der Waals surface area contributed by atoms with Crippen molar-refractivity contribution in [3.05, 3.63) is 30.1 Å². The molecule has 0 saturated carbocycles. The molecule has 1 heterocycles. The zero-order chi connectivity index (χ0) is 13.8. The molecular weight excluding hydrogens is 238 g/mol. The van der Waals surface area contributed by atoms with Gasteiger partial charge >= 0.3 is 0 Å². The van der Waals surface area contributed by atoms with E-state index >= 15 is 0 Å². The maximum Gasteiger partial charge on any atom is 0.0955 e. The Morgan fingerprint density at radius 3 is 2.89 bits per heavy atom. The minimum Gasteiger partial charge on any atom is -0.396 e. The van der Waals surface area contributed by atoms with Gasteiger partial charge in [0.1, 0.15) is 0 Å². The maximum absolute atomic E-state index is 9.25. The number of benzene rings is 1. The van der Waals surface area contributed by atoms with Crippen LogP contribution in [0, 0.1) is 5.92 Å². The van der Waals surface area contributed by atoms with Crippen LogP contribution in [0.4, 0.5) is 0 Å². The monoisotopic (exact) mass is 261 g/mol. The summed E-state index contributed by atoms with van der Waals surface area (Å²) in [6, 6.07) is 6.42. The Bertz CT molecular complexity index is 531. The zero-order valence-electron chi connectivity index (χ0n) is 12.0. The third kappa shape index (κ3) is 3.33. The molecule has 2 rings (SSSR count). The van der Waals surface area contributed by atoms with E-state index in [0.29, 0.717) is 5.92 Å². The number of aryl methyl sites for hydroxylation is 1. The lowest BCUT2D eigenvalue weighted by molar-refractivity contribution is 0.173. The van der Waals surface area contributed by atoms with Gasteiger partial charge in [0.2, 0.25) is 0 Å². The topological polar surface area (TPSA) is 41.3 Å². The highest BCUT2D eigenvalue weighted by atomic mass is 16.3. The van der Waals surface area contributed by atoms with E-state index in [4.69, 9.17) is 0 Å². The average Bonchev–Trinajstić information content (AvgIpc) is 2.77. The highest BCUT2D eigenvalue weighted by Gasteiger charge is 2.09. The molecule has 19 heavy (non-hydrogen) atoms. The average molecular weight is 261 g/mol. The van der Waals surface area contributed by atoms with Gasteiger partial charge in [-0.3, -0.25) is 0 Å². The predicted octanol–water partition coefficient (Wildman–Crippen LogP) is 2.02. The highest BCUT2D eigenvalue weighted by molar-refractivity contribution is 5.75. The van der Waals surface area contributed by atoms with E-state index < -0.39 is 0 Å². The van der Waals surface area contributed by atoms with Crippen LogP contribution in [0.15, 0.2) is 24.5 Å². The Morgan fingerprint density at radius 2 is 2.21 bits per heavy atom. The first-order valence-corrected chi connectivity index (χ1v) is 6.83. The first kappa shape index (κ1) is 14.0. The van der Waals surface area contributed by atoms with Crippen molar-refractivity contribution in [3.63, 3.8) is 0 Å². The van der Waals surface area contributed by atoms with Gasteiger partial charge in [-0.1, -0.05) is 13.0 Å². The van der Waals surface area contributed by atoms with Crippen molar-refractivity contribution in [2.75, 3.05) is 20.2 Å². The van der Waals surface area contributed by atoms with Crippen LogP contribution in [0.5, 0.6) is 0 Å². The Hall–Kier alpha value is -1.39. The van der Waals surface area contributed by atoms with Gasteiger partial charge in [0, 0.05) is 26.7 Å². The van der Waals surface area contributed by atoms with Gasteiger partial charge < -0.3 is 14.6 Å². The molecule has 104 valence electrons. The van der Waals surface area contributed by atoms with E-state index in [1.165, 1.54) is 5.56 Å². The van der Waals surface area contributed by atoms with E-state index in [9.17, 15) is 5.11 Å². The fourth-order valence-electron chi connectivity index (χ4n) is 2.41. The summed E-state index contributed by atoms with van der Waals surface area (Å²) in [6.07, 6.45) is 2.86. The molecular formula is C15H23N3O. The van der Waals surface area contributed by atoms with Gasteiger partial charge in [-0.25, -0.2) is 4.98 Å². The lowest BCUT2D eigenvalue weighted by Gasteiger charge is -2.21. The van der Waals surface area contributed by atoms with Gasteiger partial charge in [-0.2, -0.15) is 0 Å². The molecule has 4 heteroatoms. The minimum absolute atomic E-state index is 0.264. The van der Waals surface area contributed by atoms with Crippen molar-refractivity contribution in [1.29, 1.82) is 0 Å². The fraction of sp³-hybridized carbons (Fsp3) is 0.533. The zero-order valence-corrected chi connectivity index (χ0v) is 12.0. The van der Waals surface area contributed by atoms with Crippen molar-refractivity contribution in [2.45, 2.75) is 19.9 Å². The Morgan fingerprint density at radius 1 is 1.42 bits per heavy atom. The van der Waals surface area contributed by atoms with Gasteiger partial charge in [0.25, 0.3) is 0 Å². The third-order valence-corrected chi connectivity index (χ3v) is 3.65. The van der Waals surface area contributed by atoms with Crippen molar-refractivity contribution in [3.8, 4) is 0 Å². The second kappa shape index (κ2) is 6.17. The van der Waals surface area contributed by atoms with E-state index in [1.807, 2.05) is 17.9 Å². The summed E-state index contributed by atoms with van der Waals surface area (Å²) in [5, 5.41) is 9.25.